The summed E-state index contributed by atoms with van der Waals surface area (Å²) in [5.74, 6) is 0. The molecule has 21 heavy (non-hydrogen) atoms. The van der Waals surface area contributed by atoms with Crippen molar-refractivity contribution in [2.24, 2.45) is 0 Å². The summed E-state index contributed by atoms with van der Waals surface area (Å²) in [6.07, 6.45) is -3.66. The van der Waals surface area contributed by atoms with Crippen LogP contribution in [0.25, 0.3) is 0 Å². The Balaban J connectivity index is 2.08. The highest BCUT2D eigenvalue weighted by molar-refractivity contribution is 5.90. The summed E-state index contributed by atoms with van der Waals surface area (Å²) >= 11 is 0. The van der Waals surface area contributed by atoms with Gasteiger partial charge in [0.15, 0.2) is 0 Å². The van der Waals surface area contributed by atoms with E-state index in [2.05, 4.69) is 5.32 Å². The Morgan fingerprint density at radius 3 is 2.57 bits per heavy atom. The van der Waals surface area contributed by atoms with Crippen molar-refractivity contribution in [3.8, 4) is 0 Å². The molecule has 2 rings (SSSR count). The molecular formula is C14H18F3N3O. The number of likely N-dealkylation sites (tertiary alicyclic amines) is 1. The topological polar surface area (TPSA) is 35.6 Å². The number of amides is 2. The molecule has 1 N–H and O–H groups in total. The van der Waals surface area contributed by atoms with Gasteiger partial charge in [-0.3, -0.25) is 0 Å². The van der Waals surface area contributed by atoms with E-state index in [9.17, 15) is 18.0 Å². The minimum Gasteiger partial charge on any atom is -0.323 e. The number of carbonyl (C=O) groups excluding carboxylic acids is 1. The van der Waals surface area contributed by atoms with Crippen LogP contribution in [0.15, 0.2) is 24.3 Å². The highest BCUT2D eigenvalue weighted by Gasteiger charge is 2.34. The van der Waals surface area contributed by atoms with Crippen molar-refractivity contribution >= 4 is 11.7 Å². The van der Waals surface area contributed by atoms with Gasteiger partial charge in [0.05, 0.1) is 11.3 Å². The molecular weight excluding hydrogens is 283 g/mol. The predicted octanol–water partition coefficient (Wildman–Crippen LogP) is 2.87. The van der Waals surface area contributed by atoms with Crippen molar-refractivity contribution in [1.29, 1.82) is 0 Å². The van der Waals surface area contributed by atoms with E-state index in [-0.39, 0.29) is 11.7 Å². The number of halogens is 3. The fraction of sp³-hybridized carbons (Fsp3) is 0.500. The molecule has 1 atom stereocenters. The molecule has 7 heteroatoms. The van der Waals surface area contributed by atoms with E-state index in [0.29, 0.717) is 13.1 Å². The smallest absolute Gasteiger partial charge is 0.323 e. The maximum absolute atomic E-state index is 12.9. The van der Waals surface area contributed by atoms with Gasteiger partial charge in [0.1, 0.15) is 0 Å². The molecule has 1 aliphatic heterocycles. The first-order valence-electron chi connectivity index (χ1n) is 6.67. The zero-order chi connectivity index (χ0) is 15.6. The maximum atomic E-state index is 12.9. The summed E-state index contributed by atoms with van der Waals surface area (Å²) in [5.41, 5.74) is -1.04. The molecule has 116 valence electrons. The Labute approximate surface area is 121 Å². The monoisotopic (exact) mass is 301 g/mol. The number of benzene rings is 1. The average molecular weight is 301 g/mol. The van der Waals surface area contributed by atoms with Gasteiger partial charge in [-0.15, -0.1) is 0 Å². The second-order valence-electron chi connectivity index (χ2n) is 5.33. The number of hydrogen-bond acceptors (Lipinski definition) is 2. The summed E-state index contributed by atoms with van der Waals surface area (Å²) in [6.45, 7) is 1.07. The maximum Gasteiger partial charge on any atom is 0.418 e. The molecule has 1 aliphatic rings. The van der Waals surface area contributed by atoms with Crippen LogP contribution in [0.5, 0.6) is 0 Å². The number of nitrogens with one attached hydrogen (secondary N) is 1. The van der Waals surface area contributed by atoms with E-state index in [0.717, 1.165) is 12.5 Å². The van der Waals surface area contributed by atoms with Crippen LogP contribution in [0.4, 0.5) is 23.7 Å². The number of hydrogen-bond donors (Lipinski definition) is 1. The number of nitrogens with zero attached hydrogens (tertiary/aromatic N) is 2. The first kappa shape index (κ1) is 15.6. The van der Waals surface area contributed by atoms with Crippen LogP contribution in [0, 0.1) is 0 Å². The highest BCUT2D eigenvalue weighted by Crippen LogP contribution is 2.34. The number of likely N-dealkylation sites (N-methyl/N-ethyl adjacent to an activating group) is 1. The van der Waals surface area contributed by atoms with E-state index < -0.39 is 17.8 Å². The number of rotatable bonds is 2. The van der Waals surface area contributed by atoms with Gasteiger partial charge in [0.2, 0.25) is 0 Å². The molecule has 1 aromatic carbocycles. The van der Waals surface area contributed by atoms with Crippen molar-refractivity contribution < 1.29 is 18.0 Å². The van der Waals surface area contributed by atoms with Crippen molar-refractivity contribution in [2.75, 3.05) is 32.5 Å². The lowest BCUT2D eigenvalue weighted by atomic mass is 10.1. The Kier molecular flexibility index (Phi) is 4.41. The summed E-state index contributed by atoms with van der Waals surface area (Å²) in [5, 5.41) is 2.37. The SMILES string of the molecule is CN(C)[C@H]1CCN(C(=O)Nc2ccccc2C(F)(F)F)C1. The molecule has 0 unspecified atom stereocenters. The molecule has 0 spiro atoms. The Bertz CT molecular complexity index is 516. The molecule has 1 fully saturated rings. The molecule has 4 nitrogen and oxygen atoms in total. The Morgan fingerprint density at radius 2 is 2.00 bits per heavy atom. The van der Waals surface area contributed by atoms with Crippen LogP contribution < -0.4 is 5.32 Å². The highest BCUT2D eigenvalue weighted by atomic mass is 19.4. The molecule has 1 saturated heterocycles. The lowest BCUT2D eigenvalue weighted by Crippen LogP contribution is -2.37. The van der Waals surface area contributed by atoms with Crippen LogP contribution in [0.1, 0.15) is 12.0 Å². The number of para-hydroxylation sites is 1. The first-order valence-corrected chi connectivity index (χ1v) is 6.67. The normalized spacial score (nSPS) is 19.1. The van der Waals surface area contributed by atoms with Gasteiger partial charge in [-0.05, 0) is 32.6 Å². The van der Waals surface area contributed by atoms with Crippen molar-refractivity contribution in [3.05, 3.63) is 29.8 Å². The third kappa shape index (κ3) is 3.66. The third-order valence-corrected chi connectivity index (χ3v) is 3.65. The largest absolute Gasteiger partial charge is 0.418 e. The standard InChI is InChI=1S/C14H18F3N3O/c1-19(2)10-7-8-20(9-10)13(21)18-12-6-4-3-5-11(12)14(15,16)17/h3-6,10H,7-9H2,1-2H3,(H,18,21)/t10-/m0/s1. The van der Waals surface area contributed by atoms with Gasteiger partial charge in [-0.2, -0.15) is 13.2 Å². The second kappa shape index (κ2) is 5.93. The minimum atomic E-state index is -4.49. The van der Waals surface area contributed by atoms with Gasteiger partial charge in [0, 0.05) is 19.1 Å². The number of carbonyl (C=O) groups is 1. The molecule has 0 aromatic heterocycles. The summed E-state index contributed by atoms with van der Waals surface area (Å²) in [6, 6.07) is 4.75. The lowest BCUT2D eigenvalue weighted by Gasteiger charge is -2.21. The minimum absolute atomic E-state index is 0.205. The molecule has 1 heterocycles. The van der Waals surface area contributed by atoms with Gasteiger partial charge >= 0.3 is 12.2 Å². The van der Waals surface area contributed by atoms with Gasteiger partial charge in [-0.1, -0.05) is 12.1 Å². The van der Waals surface area contributed by atoms with Crippen LogP contribution in [0.2, 0.25) is 0 Å². The van der Waals surface area contributed by atoms with Gasteiger partial charge < -0.3 is 15.1 Å². The van der Waals surface area contributed by atoms with E-state index in [1.54, 1.807) is 0 Å². The van der Waals surface area contributed by atoms with Gasteiger partial charge in [0.25, 0.3) is 0 Å². The fourth-order valence-electron chi connectivity index (χ4n) is 2.38. The zero-order valence-corrected chi connectivity index (χ0v) is 11.9. The zero-order valence-electron chi connectivity index (χ0n) is 11.9. The van der Waals surface area contributed by atoms with Gasteiger partial charge in [-0.25, -0.2) is 4.79 Å². The molecule has 1 aromatic rings. The fourth-order valence-corrected chi connectivity index (χ4v) is 2.38. The number of anilines is 1. The lowest BCUT2D eigenvalue weighted by molar-refractivity contribution is -0.136. The van der Waals surface area contributed by atoms with E-state index in [1.165, 1.54) is 23.1 Å². The first-order chi connectivity index (χ1) is 9.79. The molecule has 0 saturated carbocycles. The van der Waals surface area contributed by atoms with Crippen LogP contribution in [-0.2, 0) is 6.18 Å². The van der Waals surface area contributed by atoms with E-state index >= 15 is 0 Å². The Hall–Kier alpha value is -1.76. The summed E-state index contributed by atoms with van der Waals surface area (Å²) in [7, 11) is 3.84. The molecule has 0 radical (unpaired) electrons. The molecule has 0 bridgehead atoms. The summed E-state index contributed by atoms with van der Waals surface area (Å²) in [4.78, 5) is 15.6. The quantitative estimate of drug-likeness (QED) is 0.911. The number of alkyl halides is 3. The molecule has 0 aliphatic carbocycles. The predicted molar refractivity (Wildman–Crippen MR) is 74.1 cm³/mol. The molecule has 2 amide bonds. The second-order valence-corrected chi connectivity index (χ2v) is 5.33. The summed E-state index contributed by atoms with van der Waals surface area (Å²) < 4.78 is 38.6. The van der Waals surface area contributed by atoms with Crippen LogP contribution >= 0.6 is 0 Å². The third-order valence-electron chi connectivity index (χ3n) is 3.65. The van der Waals surface area contributed by atoms with E-state index in [1.807, 2.05) is 19.0 Å². The Morgan fingerprint density at radius 1 is 1.33 bits per heavy atom. The van der Waals surface area contributed by atoms with Crippen LogP contribution in [-0.4, -0.2) is 49.1 Å². The van der Waals surface area contributed by atoms with Crippen LogP contribution in [0.3, 0.4) is 0 Å². The van der Waals surface area contributed by atoms with Crippen molar-refractivity contribution in [2.45, 2.75) is 18.6 Å². The number of urea groups is 1. The van der Waals surface area contributed by atoms with Crippen molar-refractivity contribution in [3.63, 3.8) is 0 Å². The van der Waals surface area contributed by atoms with E-state index in [4.69, 9.17) is 0 Å². The average Bonchev–Trinajstić information content (AvgIpc) is 2.88. The van der Waals surface area contributed by atoms with Crippen molar-refractivity contribution in [1.82, 2.24) is 9.80 Å².